The molecule has 1 aliphatic heterocycles. The monoisotopic (exact) mass is 370 g/mol. The predicted molar refractivity (Wildman–Crippen MR) is 97.1 cm³/mol. The van der Waals surface area contributed by atoms with E-state index in [1.165, 1.54) is 0 Å². The number of thioether (sulfide) groups is 1. The maximum atomic E-state index is 12.4. The van der Waals surface area contributed by atoms with Crippen molar-refractivity contribution in [2.24, 2.45) is 0 Å². The van der Waals surface area contributed by atoms with Gasteiger partial charge in [-0.2, -0.15) is 5.26 Å². The Morgan fingerprint density at radius 1 is 1.40 bits per heavy atom. The third-order valence-corrected chi connectivity index (χ3v) is 5.11. The van der Waals surface area contributed by atoms with Gasteiger partial charge in [0.25, 0.3) is 5.91 Å². The standard InChI is InChI=1S/C17H13N3O3S2/c18-6-3-7-19-9-11(12-4-1-2-5-13(12)19)8-14-16(23)20(10-15(21)22)17(24)25-14/h1-2,4-5,8-9H,3,7,10H2,(H,21,22)/p-1/b14-8+. The molecular weight excluding hydrogens is 358 g/mol. The molecule has 0 aliphatic carbocycles. The maximum Gasteiger partial charge on any atom is 0.266 e. The van der Waals surface area contributed by atoms with Gasteiger partial charge in [-0.25, -0.2) is 0 Å². The number of hydrogen-bond donors (Lipinski definition) is 0. The first-order valence-corrected chi connectivity index (χ1v) is 8.64. The number of hydrogen-bond acceptors (Lipinski definition) is 6. The van der Waals surface area contributed by atoms with E-state index >= 15 is 0 Å². The second-order valence-electron chi connectivity index (χ2n) is 5.34. The van der Waals surface area contributed by atoms with Crippen LogP contribution in [-0.4, -0.2) is 32.2 Å². The number of rotatable bonds is 5. The van der Waals surface area contributed by atoms with Crippen molar-refractivity contribution >= 4 is 57.2 Å². The van der Waals surface area contributed by atoms with E-state index in [1.54, 1.807) is 6.08 Å². The van der Waals surface area contributed by atoms with Gasteiger partial charge in [-0.05, 0) is 12.1 Å². The minimum atomic E-state index is -1.36. The summed E-state index contributed by atoms with van der Waals surface area (Å²) in [5.41, 5.74) is 1.79. The van der Waals surface area contributed by atoms with E-state index < -0.39 is 18.4 Å². The first-order valence-electron chi connectivity index (χ1n) is 7.41. The largest absolute Gasteiger partial charge is 0.548 e. The number of benzene rings is 1. The van der Waals surface area contributed by atoms with E-state index in [0.717, 1.165) is 33.1 Å². The van der Waals surface area contributed by atoms with Gasteiger partial charge in [-0.3, -0.25) is 9.69 Å². The zero-order valence-corrected chi connectivity index (χ0v) is 14.6. The fraction of sp³-hybridized carbons (Fsp3) is 0.176. The number of para-hydroxylation sites is 1. The fourth-order valence-electron chi connectivity index (χ4n) is 2.65. The number of aromatic nitrogens is 1. The lowest BCUT2D eigenvalue weighted by molar-refractivity contribution is -0.305. The molecule has 0 saturated carbocycles. The highest BCUT2D eigenvalue weighted by Crippen LogP contribution is 2.34. The summed E-state index contributed by atoms with van der Waals surface area (Å²) in [6.45, 7) is 0.00241. The van der Waals surface area contributed by atoms with Crippen LogP contribution >= 0.6 is 24.0 Å². The Balaban J connectivity index is 1.99. The van der Waals surface area contributed by atoms with Crippen LogP contribution in [0, 0.1) is 11.3 Å². The number of fused-ring (bicyclic) bond motifs is 1. The van der Waals surface area contributed by atoms with Crippen molar-refractivity contribution in [3.63, 3.8) is 0 Å². The molecule has 1 aromatic heterocycles. The van der Waals surface area contributed by atoms with Gasteiger partial charge in [0, 0.05) is 29.2 Å². The van der Waals surface area contributed by atoms with Crippen LogP contribution in [0.15, 0.2) is 35.4 Å². The molecule has 126 valence electrons. The first-order chi connectivity index (χ1) is 12.0. The number of aryl methyl sites for hydroxylation is 1. The highest BCUT2D eigenvalue weighted by molar-refractivity contribution is 8.26. The summed E-state index contributed by atoms with van der Waals surface area (Å²) in [5.74, 6) is -1.79. The second-order valence-corrected chi connectivity index (χ2v) is 7.02. The Hall–Kier alpha value is -2.63. The van der Waals surface area contributed by atoms with Crippen LogP contribution in [0.2, 0.25) is 0 Å². The Kier molecular flexibility index (Phi) is 4.88. The molecule has 1 aromatic carbocycles. The Labute approximate surface area is 153 Å². The summed E-state index contributed by atoms with van der Waals surface area (Å²) >= 11 is 6.15. The number of carboxylic acid groups (broad SMARTS) is 1. The van der Waals surface area contributed by atoms with Crippen molar-refractivity contribution in [2.75, 3.05) is 6.54 Å². The topological polar surface area (TPSA) is 89.2 Å². The molecule has 3 rings (SSSR count). The van der Waals surface area contributed by atoms with Crippen LogP contribution in [0.4, 0.5) is 0 Å². The number of carbonyl (C=O) groups excluding carboxylic acids is 2. The lowest BCUT2D eigenvalue weighted by Crippen LogP contribution is -2.40. The van der Waals surface area contributed by atoms with E-state index in [0.29, 0.717) is 17.9 Å². The minimum Gasteiger partial charge on any atom is -0.548 e. The third-order valence-electron chi connectivity index (χ3n) is 3.73. The number of aliphatic carboxylic acids is 1. The summed E-state index contributed by atoms with van der Waals surface area (Å²) in [4.78, 5) is 24.5. The van der Waals surface area contributed by atoms with Crippen molar-refractivity contribution in [1.29, 1.82) is 5.26 Å². The molecule has 2 aromatic rings. The molecule has 1 aliphatic rings. The van der Waals surface area contributed by atoms with Crippen LogP contribution in [0.3, 0.4) is 0 Å². The first kappa shape index (κ1) is 17.2. The van der Waals surface area contributed by atoms with Crippen LogP contribution in [-0.2, 0) is 16.1 Å². The molecule has 0 N–H and O–H groups in total. The molecule has 0 unspecified atom stereocenters. The lowest BCUT2D eigenvalue weighted by Gasteiger charge is -2.14. The number of nitriles is 1. The lowest BCUT2D eigenvalue weighted by atomic mass is 10.1. The van der Waals surface area contributed by atoms with Crippen molar-refractivity contribution in [2.45, 2.75) is 13.0 Å². The SMILES string of the molecule is N#CCCn1cc(/C=C2/SC(=S)N(CC(=O)[O-])C2=O)c2ccccc21. The van der Waals surface area contributed by atoms with Gasteiger partial charge in [-0.1, -0.05) is 42.2 Å². The number of amides is 1. The molecule has 1 saturated heterocycles. The maximum absolute atomic E-state index is 12.4. The summed E-state index contributed by atoms with van der Waals surface area (Å²) in [7, 11) is 0. The van der Waals surface area contributed by atoms with Crippen molar-refractivity contribution in [3.8, 4) is 6.07 Å². The Morgan fingerprint density at radius 3 is 2.88 bits per heavy atom. The molecule has 6 nitrogen and oxygen atoms in total. The van der Waals surface area contributed by atoms with E-state index in [1.807, 2.05) is 35.0 Å². The molecule has 25 heavy (non-hydrogen) atoms. The molecule has 0 bridgehead atoms. The van der Waals surface area contributed by atoms with Crippen LogP contribution in [0.25, 0.3) is 17.0 Å². The molecule has 0 radical (unpaired) electrons. The van der Waals surface area contributed by atoms with Gasteiger partial charge in [-0.15, -0.1) is 0 Å². The molecule has 0 spiro atoms. The number of thiocarbonyl (C=S) groups is 1. The number of nitrogens with zero attached hydrogens (tertiary/aromatic N) is 3. The molecule has 1 amide bonds. The molecule has 2 heterocycles. The van der Waals surface area contributed by atoms with Gasteiger partial charge < -0.3 is 14.5 Å². The molecular formula is C17H12N3O3S2-. The third kappa shape index (κ3) is 3.43. The quantitative estimate of drug-likeness (QED) is 0.585. The van der Waals surface area contributed by atoms with Gasteiger partial charge in [0.05, 0.1) is 29.9 Å². The Morgan fingerprint density at radius 2 is 2.16 bits per heavy atom. The fourth-order valence-corrected chi connectivity index (χ4v) is 3.90. The highest BCUT2D eigenvalue weighted by Gasteiger charge is 2.32. The Bertz CT molecular complexity index is 956. The molecule has 0 atom stereocenters. The average Bonchev–Trinajstić information content (AvgIpc) is 3.06. The highest BCUT2D eigenvalue weighted by atomic mass is 32.2. The zero-order chi connectivity index (χ0) is 18.0. The summed E-state index contributed by atoms with van der Waals surface area (Å²) in [5, 5.41) is 20.5. The molecule has 1 fully saturated rings. The van der Waals surface area contributed by atoms with Gasteiger partial charge in [0.2, 0.25) is 0 Å². The van der Waals surface area contributed by atoms with E-state index in [-0.39, 0.29) is 4.32 Å². The zero-order valence-electron chi connectivity index (χ0n) is 13.0. The van der Waals surface area contributed by atoms with E-state index in [9.17, 15) is 14.7 Å². The van der Waals surface area contributed by atoms with Gasteiger partial charge >= 0.3 is 0 Å². The minimum absolute atomic E-state index is 0.202. The average molecular weight is 370 g/mol. The van der Waals surface area contributed by atoms with Crippen molar-refractivity contribution in [3.05, 3.63) is 40.9 Å². The summed E-state index contributed by atoms with van der Waals surface area (Å²) < 4.78 is 2.17. The van der Waals surface area contributed by atoms with E-state index in [2.05, 4.69) is 6.07 Å². The molecule has 8 heteroatoms. The summed E-state index contributed by atoms with van der Waals surface area (Å²) in [6.07, 6.45) is 3.97. The van der Waals surface area contributed by atoms with Crippen molar-refractivity contribution in [1.82, 2.24) is 9.47 Å². The van der Waals surface area contributed by atoms with Crippen LogP contribution in [0.1, 0.15) is 12.0 Å². The van der Waals surface area contributed by atoms with Crippen LogP contribution < -0.4 is 5.11 Å². The smallest absolute Gasteiger partial charge is 0.266 e. The number of carbonyl (C=O) groups is 2. The van der Waals surface area contributed by atoms with Crippen LogP contribution in [0.5, 0.6) is 0 Å². The normalized spacial score (nSPS) is 16.0. The van der Waals surface area contributed by atoms with Gasteiger partial charge in [0.15, 0.2) is 0 Å². The predicted octanol–water partition coefficient (Wildman–Crippen LogP) is 1.51. The van der Waals surface area contributed by atoms with E-state index in [4.69, 9.17) is 17.5 Å². The second kappa shape index (κ2) is 7.09. The van der Waals surface area contributed by atoms with Crippen molar-refractivity contribution < 1.29 is 14.7 Å². The van der Waals surface area contributed by atoms with Gasteiger partial charge in [0.1, 0.15) is 4.32 Å². The number of carboxylic acids is 1. The summed E-state index contributed by atoms with van der Waals surface area (Å²) in [6, 6.07) is 9.82.